The molecule has 3 heterocycles. The molecule has 0 aromatic rings. The van der Waals surface area contributed by atoms with Gasteiger partial charge < -0.3 is 0 Å². The standard InChI is InChI=1S/O3P.Sb/c1-4(2)3;/q-3;+3. The van der Waals surface area contributed by atoms with E-state index in [1.807, 2.05) is 0 Å². The third-order valence-corrected chi connectivity index (χ3v) is 8.05. The van der Waals surface area contributed by atoms with Crippen LogP contribution in [0, 0.1) is 0 Å². The van der Waals surface area contributed by atoms with Crippen LogP contribution in [0.1, 0.15) is 0 Å². The predicted octanol–water partition coefficient (Wildman–Crippen LogP) is 0.275. The number of hydrogen-bond donors (Lipinski definition) is 0. The third-order valence-electron chi connectivity index (χ3n) is 0.400. The molecular formula is O3PSb. The molecule has 0 spiro atoms. The molecule has 0 saturated carbocycles. The average molecular weight is 201 g/mol. The normalized spacial score (nSPS) is 36.0. The van der Waals surface area contributed by atoms with Crippen LogP contribution in [0.4, 0.5) is 0 Å². The van der Waals surface area contributed by atoms with Gasteiger partial charge in [0.25, 0.3) is 0 Å². The summed E-state index contributed by atoms with van der Waals surface area (Å²) in [4.78, 5) is 0. The number of rotatable bonds is 0. The van der Waals surface area contributed by atoms with Gasteiger partial charge >= 0.3 is 38.5 Å². The van der Waals surface area contributed by atoms with Crippen LogP contribution < -0.4 is 0 Å². The van der Waals surface area contributed by atoms with E-state index in [2.05, 4.69) is 0 Å². The van der Waals surface area contributed by atoms with Crippen molar-refractivity contribution in [3.63, 3.8) is 0 Å². The van der Waals surface area contributed by atoms with Gasteiger partial charge in [0.05, 0.1) is 0 Å². The van der Waals surface area contributed by atoms with Crippen LogP contribution in [0.25, 0.3) is 0 Å². The molecule has 0 atom stereocenters. The van der Waals surface area contributed by atoms with Crippen molar-refractivity contribution in [2.24, 2.45) is 0 Å². The molecule has 0 aromatic carbocycles. The molecule has 0 amide bonds. The first-order valence-corrected chi connectivity index (χ1v) is 5.32. The molecule has 3 rings (SSSR count). The fourth-order valence-electron chi connectivity index (χ4n) is 0.182. The maximum atomic E-state index is 4.83. The van der Waals surface area contributed by atoms with E-state index in [-0.39, 0.29) is 0 Å². The Labute approximate surface area is 38.9 Å². The fraction of sp³-hybridized carbons (Fsp3) is 0. The first-order chi connectivity index (χ1) is 2.45. The molecule has 5 heteroatoms. The molecular weight excluding hydrogens is 201 g/mol. The summed E-state index contributed by atoms with van der Waals surface area (Å²) < 4.78 is 14.5. The Morgan fingerprint density at radius 1 is 1.20 bits per heavy atom. The van der Waals surface area contributed by atoms with E-state index in [0.717, 1.165) is 0 Å². The first-order valence-electron chi connectivity index (χ1n) is 1.10. The van der Waals surface area contributed by atoms with Crippen molar-refractivity contribution in [2.45, 2.75) is 0 Å². The summed E-state index contributed by atoms with van der Waals surface area (Å²) in [5, 5.41) is 0. The van der Waals surface area contributed by atoms with Crippen molar-refractivity contribution in [1.82, 2.24) is 0 Å². The Morgan fingerprint density at radius 2 is 1.40 bits per heavy atom. The van der Waals surface area contributed by atoms with Crippen LogP contribution in [-0.2, 0) is 8.41 Å². The molecule has 0 aliphatic carbocycles. The van der Waals surface area contributed by atoms with Gasteiger partial charge in [-0.15, -0.1) is 0 Å². The minimum atomic E-state index is -1.63. The second kappa shape index (κ2) is 0.852. The quantitative estimate of drug-likeness (QED) is 0.415. The van der Waals surface area contributed by atoms with E-state index >= 15 is 0 Å². The molecule has 0 N–H and O–H groups in total. The van der Waals surface area contributed by atoms with Crippen molar-refractivity contribution in [2.75, 3.05) is 0 Å². The Kier molecular flexibility index (Phi) is 0.540. The van der Waals surface area contributed by atoms with E-state index < -0.39 is 30.1 Å². The van der Waals surface area contributed by atoms with Crippen molar-refractivity contribution in [3.05, 3.63) is 0 Å². The van der Waals surface area contributed by atoms with Crippen LogP contribution in [0.2, 0.25) is 0 Å². The van der Waals surface area contributed by atoms with E-state index in [0.29, 0.717) is 0 Å². The van der Waals surface area contributed by atoms with Gasteiger partial charge in [-0.3, -0.25) is 0 Å². The van der Waals surface area contributed by atoms with E-state index in [9.17, 15) is 0 Å². The van der Waals surface area contributed by atoms with Crippen molar-refractivity contribution < 1.29 is 8.41 Å². The summed E-state index contributed by atoms with van der Waals surface area (Å²) in [6.07, 6.45) is 0. The topological polar surface area (TPSA) is 27.7 Å². The van der Waals surface area contributed by atoms with Gasteiger partial charge in [0, 0.05) is 0 Å². The molecule has 5 heavy (non-hydrogen) atoms. The fourth-order valence-corrected chi connectivity index (χ4v) is 3.66. The van der Waals surface area contributed by atoms with E-state index in [1.165, 1.54) is 0 Å². The Hall–Kier alpha value is 1.13. The van der Waals surface area contributed by atoms with Crippen LogP contribution in [-0.4, -0.2) is 21.5 Å². The van der Waals surface area contributed by atoms with Gasteiger partial charge in [0.1, 0.15) is 0 Å². The van der Waals surface area contributed by atoms with E-state index in [1.54, 1.807) is 0 Å². The zero-order chi connectivity index (χ0) is 3.28. The Balaban J connectivity index is 2.19. The molecule has 0 unspecified atom stereocenters. The molecule has 2 bridgehead atoms. The predicted molar refractivity (Wildman–Crippen MR) is 15.9 cm³/mol. The van der Waals surface area contributed by atoms with Crippen LogP contribution in [0.5, 0.6) is 0 Å². The van der Waals surface area contributed by atoms with Crippen molar-refractivity contribution >= 4 is 30.1 Å². The van der Waals surface area contributed by atoms with Gasteiger partial charge in [-0.25, -0.2) is 0 Å². The second-order valence-corrected chi connectivity index (χ2v) is 7.10. The van der Waals surface area contributed by atoms with Gasteiger partial charge in [-0.2, -0.15) is 0 Å². The molecule has 28 valence electrons. The maximum absolute atomic E-state index is 4.83. The zero-order valence-corrected chi connectivity index (χ0v) is 5.57. The number of hydrogen-bond acceptors (Lipinski definition) is 3. The molecule has 3 fully saturated rings. The van der Waals surface area contributed by atoms with Crippen LogP contribution >= 0.6 is 8.60 Å². The Morgan fingerprint density at radius 3 is 1.40 bits per heavy atom. The summed E-state index contributed by atoms with van der Waals surface area (Å²) >= 11 is -1.63. The molecule has 0 radical (unpaired) electrons. The zero-order valence-electron chi connectivity index (χ0n) is 2.12. The summed E-state index contributed by atoms with van der Waals surface area (Å²) in [5.41, 5.74) is 0. The van der Waals surface area contributed by atoms with Crippen LogP contribution in [0.3, 0.4) is 0 Å². The van der Waals surface area contributed by atoms with Gasteiger partial charge in [-0.05, 0) is 0 Å². The monoisotopic (exact) mass is 200 g/mol. The summed E-state index contributed by atoms with van der Waals surface area (Å²) in [7, 11) is -0.693. The second-order valence-electron chi connectivity index (χ2n) is 0.692. The molecule has 0 aromatic heterocycles. The molecule has 3 aliphatic heterocycles. The molecule has 3 saturated heterocycles. The molecule has 3 nitrogen and oxygen atoms in total. The average Bonchev–Trinajstić information content (AvgIpc) is 0.592. The summed E-state index contributed by atoms with van der Waals surface area (Å²) in [6.45, 7) is 0. The molecule has 3 aliphatic rings. The Bertz CT molecular complexity index is 43.6. The van der Waals surface area contributed by atoms with Crippen molar-refractivity contribution in [1.29, 1.82) is 0 Å². The van der Waals surface area contributed by atoms with E-state index in [4.69, 9.17) is 8.41 Å². The van der Waals surface area contributed by atoms with Gasteiger partial charge in [0.2, 0.25) is 0 Å². The van der Waals surface area contributed by atoms with Gasteiger partial charge in [0.15, 0.2) is 0 Å². The van der Waals surface area contributed by atoms with Gasteiger partial charge in [-0.1, -0.05) is 0 Å². The minimum absolute atomic E-state index is 0.693. The first kappa shape index (κ1) is 3.17. The SMILES string of the molecule is [O]1P2[O][Sb]1[O]2. The van der Waals surface area contributed by atoms with Crippen LogP contribution in [0.15, 0.2) is 0 Å². The van der Waals surface area contributed by atoms with Crippen molar-refractivity contribution in [3.8, 4) is 0 Å². The summed E-state index contributed by atoms with van der Waals surface area (Å²) in [6, 6.07) is 0. The summed E-state index contributed by atoms with van der Waals surface area (Å²) in [5.74, 6) is 0. The third kappa shape index (κ3) is 0.291.